The van der Waals surface area contributed by atoms with Gasteiger partial charge in [0.1, 0.15) is 9.96 Å². The molecule has 13 heteroatoms. The average Bonchev–Trinajstić information content (AvgIpc) is 3.32. The van der Waals surface area contributed by atoms with E-state index in [4.69, 9.17) is 4.74 Å². The van der Waals surface area contributed by atoms with Crippen LogP contribution in [0, 0.1) is 0 Å². The summed E-state index contributed by atoms with van der Waals surface area (Å²) in [4.78, 5) is 24.3. The van der Waals surface area contributed by atoms with Gasteiger partial charge in [-0.1, -0.05) is 18.2 Å². The molecule has 0 aliphatic rings. The summed E-state index contributed by atoms with van der Waals surface area (Å²) in [7, 11) is -3.90. The Kier molecular flexibility index (Phi) is 7.23. The van der Waals surface area contributed by atoms with Gasteiger partial charge in [-0.2, -0.15) is 13.2 Å². The minimum absolute atomic E-state index is 0.00125. The third-order valence-electron chi connectivity index (χ3n) is 4.04. The van der Waals surface area contributed by atoms with Gasteiger partial charge in [0.25, 0.3) is 21.8 Å². The van der Waals surface area contributed by atoms with Crippen molar-refractivity contribution in [2.24, 2.45) is 0 Å². The van der Waals surface area contributed by atoms with E-state index >= 15 is 0 Å². The first-order chi connectivity index (χ1) is 15.6. The lowest BCUT2D eigenvalue weighted by Crippen LogP contribution is -2.44. The van der Waals surface area contributed by atoms with Crippen LogP contribution < -0.4 is 20.3 Å². The molecule has 3 aromatic rings. The number of carbonyl (C=O) groups excluding carboxylic acids is 2. The molecule has 0 saturated heterocycles. The molecule has 33 heavy (non-hydrogen) atoms. The Bertz CT molecular complexity index is 1230. The van der Waals surface area contributed by atoms with Crippen molar-refractivity contribution in [3.8, 4) is 5.75 Å². The SMILES string of the molecule is O=C(COc1ccc(C(F)(F)F)cc1)NNC(=O)c1ccccc1NS(=O)(=O)c1cccs1. The molecule has 0 aliphatic carbocycles. The number of ether oxygens (including phenoxy) is 1. The number of sulfonamides is 1. The van der Waals surface area contributed by atoms with Crippen LogP contribution >= 0.6 is 11.3 Å². The highest BCUT2D eigenvalue weighted by Crippen LogP contribution is 2.30. The van der Waals surface area contributed by atoms with Crippen LogP contribution in [0.1, 0.15) is 15.9 Å². The van der Waals surface area contributed by atoms with E-state index in [1.165, 1.54) is 30.3 Å². The van der Waals surface area contributed by atoms with Crippen molar-refractivity contribution in [3.63, 3.8) is 0 Å². The van der Waals surface area contributed by atoms with E-state index in [0.29, 0.717) is 0 Å². The van der Waals surface area contributed by atoms with Crippen molar-refractivity contribution >= 4 is 38.9 Å². The predicted molar refractivity (Wildman–Crippen MR) is 114 cm³/mol. The minimum Gasteiger partial charge on any atom is -0.484 e. The number of benzene rings is 2. The molecule has 0 bridgehead atoms. The van der Waals surface area contributed by atoms with Crippen LogP contribution in [-0.2, 0) is 21.0 Å². The van der Waals surface area contributed by atoms with Gasteiger partial charge in [0, 0.05) is 0 Å². The number of rotatable bonds is 7. The smallest absolute Gasteiger partial charge is 0.416 e. The molecular formula is C20H16F3N3O5S2. The molecule has 2 aromatic carbocycles. The molecule has 2 amide bonds. The zero-order valence-electron chi connectivity index (χ0n) is 16.5. The van der Waals surface area contributed by atoms with E-state index in [0.717, 1.165) is 35.6 Å². The molecule has 0 radical (unpaired) electrons. The third kappa shape index (κ3) is 6.46. The van der Waals surface area contributed by atoms with Crippen LogP contribution in [0.25, 0.3) is 0 Å². The second-order valence-corrected chi connectivity index (χ2v) is 9.25. The van der Waals surface area contributed by atoms with E-state index in [1.807, 2.05) is 0 Å². The molecule has 8 nitrogen and oxygen atoms in total. The Labute approximate surface area is 190 Å². The Balaban J connectivity index is 1.56. The minimum atomic E-state index is -4.49. The number of hydrogen-bond donors (Lipinski definition) is 3. The van der Waals surface area contributed by atoms with E-state index in [2.05, 4.69) is 15.6 Å². The van der Waals surface area contributed by atoms with E-state index in [1.54, 1.807) is 11.4 Å². The Morgan fingerprint density at radius 1 is 0.939 bits per heavy atom. The number of nitrogens with one attached hydrogen (secondary N) is 3. The number of hydrazine groups is 1. The molecule has 0 spiro atoms. The largest absolute Gasteiger partial charge is 0.484 e. The molecular weight excluding hydrogens is 483 g/mol. The van der Waals surface area contributed by atoms with Crippen molar-refractivity contribution in [2.75, 3.05) is 11.3 Å². The highest BCUT2D eigenvalue weighted by molar-refractivity contribution is 7.94. The molecule has 0 aliphatic heterocycles. The lowest BCUT2D eigenvalue weighted by molar-refractivity contribution is -0.137. The zero-order chi connectivity index (χ0) is 24.1. The summed E-state index contributed by atoms with van der Waals surface area (Å²) < 4.78 is 70.0. The quantitative estimate of drug-likeness (QED) is 0.431. The predicted octanol–water partition coefficient (Wildman–Crippen LogP) is 3.41. The van der Waals surface area contributed by atoms with Crippen molar-refractivity contribution in [3.05, 3.63) is 77.2 Å². The molecule has 3 rings (SSSR count). The number of alkyl halides is 3. The maximum Gasteiger partial charge on any atom is 0.416 e. The van der Waals surface area contributed by atoms with Crippen LogP contribution in [0.2, 0.25) is 0 Å². The van der Waals surface area contributed by atoms with Gasteiger partial charge in [-0.05, 0) is 47.8 Å². The second-order valence-electron chi connectivity index (χ2n) is 6.40. The standard InChI is InChI=1S/C20H16F3N3O5S2/c21-20(22,23)13-7-9-14(10-8-13)31-12-17(27)24-25-19(28)15-4-1-2-5-16(15)26-33(29,30)18-6-3-11-32-18/h1-11,26H,12H2,(H,24,27)(H,25,28). The number of halogens is 3. The van der Waals surface area contributed by atoms with Gasteiger partial charge in [0.05, 0.1) is 16.8 Å². The van der Waals surface area contributed by atoms with Crippen molar-refractivity contribution in [1.82, 2.24) is 10.9 Å². The summed E-state index contributed by atoms with van der Waals surface area (Å²) in [6.07, 6.45) is -4.49. The summed E-state index contributed by atoms with van der Waals surface area (Å²) in [5, 5.41) is 1.59. The lowest BCUT2D eigenvalue weighted by atomic mass is 10.2. The van der Waals surface area contributed by atoms with Gasteiger partial charge in [0.2, 0.25) is 0 Å². The van der Waals surface area contributed by atoms with E-state index in [-0.39, 0.29) is 21.2 Å². The lowest BCUT2D eigenvalue weighted by Gasteiger charge is -2.13. The van der Waals surface area contributed by atoms with Crippen LogP contribution in [0.3, 0.4) is 0 Å². The monoisotopic (exact) mass is 499 g/mol. The maximum atomic E-state index is 12.6. The van der Waals surface area contributed by atoms with Gasteiger partial charge in [-0.25, -0.2) is 8.42 Å². The van der Waals surface area contributed by atoms with Gasteiger partial charge >= 0.3 is 6.18 Å². The molecule has 3 N–H and O–H groups in total. The van der Waals surface area contributed by atoms with Crippen LogP contribution in [0.15, 0.2) is 70.3 Å². The first kappa shape index (κ1) is 24.1. The zero-order valence-corrected chi connectivity index (χ0v) is 18.2. The Morgan fingerprint density at radius 2 is 1.64 bits per heavy atom. The van der Waals surface area contributed by atoms with E-state index < -0.39 is 40.2 Å². The van der Waals surface area contributed by atoms with Crippen molar-refractivity contribution in [2.45, 2.75) is 10.4 Å². The van der Waals surface area contributed by atoms with Crippen LogP contribution in [-0.4, -0.2) is 26.8 Å². The highest BCUT2D eigenvalue weighted by atomic mass is 32.2. The van der Waals surface area contributed by atoms with Gasteiger partial charge < -0.3 is 4.74 Å². The fourth-order valence-corrected chi connectivity index (χ4v) is 4.57. The summed E-state index contributed by atoms with van der Waals surface area (Å²) in [5.41, 5.74) is 3.29. The first-order valence-electron chi connectivity index (χ1n) is 9.11. The molecule has 174 valence electrons. The van der Waals surface area contributed by atoms with Crippen molar-refractivity contribution in [1.29, 1.82) is 0 Å². The van der Waals surface area contributed by atoms with E-state index in [9.17, 15) is 31.2 Å². The normalized spacial score (nSPS) is 11.5. The average molecular weight is 499 g/mol. The first-order valence-corrected chi connectivity index (χ1v) is 11.5. The number of para-hydroxylation sites is 1. The second kappa shape index (κ2) is 9.92. The maximum absolute atomic E-state index is 12.6. The highest BCUT2D eigenvalue weighted by Gasteiger charge is 2.30. The molecule has 0 fully saturated rings. The molecule has 0 saturated carbocycles. The molecule has 1 aromatic heterocycles. The number of hydrogen-bond acceptors (Lipinski definition) is 6. The van der Waals surface area contributed by atoms with Gasteiger partial charge in [-0.3, -0.25) is 25.2 Å². The number of amides is 2. The van der Waals surface area contributed by atoms with Gasteiger partial charge in [0.15, 0.2) is 6.61 Å². The number of anilines is 1. The molecule has 1 heterocycles. The summed E-state index contributed by atoms with van der Waals surface area (Å²) in [5.74, 6) is -1.57. The van der Waals surface area contributed by atoms with Crippen LogP contribution in [0.4, 0.5) is 18.9 Å². The van der Waals surface area contributed by atoms with Crippen LogP contribution in [0.5, 0.6) is 5.75 Å². The third-order valence-corrected chi connectivity index (χ3v) is 6.81. The Hall–Kier alpha value is -3.58. The summed E-state index contributed by atoms with van der Waals surface area (Å²) in [6, 6.07) is 12.5. The Morgan fingerprint density at radius 3 is 2.27 bits per heavy atom. The molecule has 0 unspecified atom stereocenters. The topological polar surface area (TPSA) is 114 Å². The van der Waals surface area contributed by atoms with Crippen molar-refractivity contribution < 1.29 is 35.9 Å². The fraction of sp³-hybridized carbons (Fsp3) is 0.100. The number of thiophene rings is 1. The molecule has 0 atom stereocenters. The fourth-order valence-electron chi connectivity index (χ4n) is 2.50. The van der Waals surface area contributed by atoms with Gasteiger partial charge in [-0.15, -0.1) is 11.3 Å². The summed E-state index contributed by atoms with van der Waals surface area (Å²) >= 11 is 1.01. The summed E-state index contributed by atoms with van der Waals surface area (Å²) in [6.45, 7) is -0.585. The number of carbonyl (C=O) groups is 2.